The summed E-state index contributed by atoms with van der Waals surface area (Å²) in [6, 6.07) is 7.84. The Kier molecular flexibility index (Phi) is 6.26. The molecule has 0 unspecified atom stereocenters. The molecule has 0 spiro atoms. The molecule has 0 radical (unpaired) electrons. The topological polar surface area (TPSA) is 65.8 Å². The summed E-state index contributed by atoms with van der Waals surface area (Å²) >= 11 is 0. The second-order valence-corrected chi connectivity index (χ2v) is 7.33. The summed E-state index contributed by atoms with van der Waals surface area (Å²) in [7, 11) is 2.07. The third-order valence-corrected chi connectivity index (χ3v) is 5.32. The number of benzene rings is 1. The number of halogens is 1. The first-order chi connectivity index (χ1) is 13.3. The van der Waals surface area contributed by atoms with Gasteiger partial charge >= 0.3 is 5.97 Å². The average Bonchev–Trinajstić information content (AvgIpc) is 2.99. The zero-order valence-electron chi connectivity index (χ0n) is 16.3. The highest BCUT2D eigenvalue weighted by Crippen LogP contribution is 2.27. The highest BCUT2D eigenvalue weighted by molar-refractivity contribution is 6.00. The molecule has 3 rings (SSSR count). The first kappa shape index (κ1) is 20.2. The Morgan fingerprint density at radius 2 is 1.75 bits per heavy atom. The Morgan fingerprint density at radius 1 is 1.11 bits per heavy atom. The number of hydrogen-bond acceptors (Lipinski definition) is 4. The fourth-order valence-corrected chi connectivity index (χ4v) is 3.58. The van der Waals surface area contributed by atoms with E-state index in [1.54, 1.807) is 12.1 Å². The Hall–Kier alpha value is -2.51. The molecule has 28 heavy (non-hydrogen) atoms. The zero-order chi connectivity index (χ0) is 20.3. The van der Waals surface area contributed by atoms with Crippen LogP contribution in [0.2, 0.25) is 0 Å². The summed E-state index contributed by atoms with van der Waals surface area (Å²) in [5, 5.41) is 9.08. The molecule has 1 aromatic carbocycles. The number of carboxylic acids is 1. The van der Waals surface area contributed by atoms with Gasteiger partial charge in [-0.05, 0) is 49.9 Å². The summed E-state index contributed by atoms with van der Waals surface area (Å²) in [5.41, 5.74) is 2.84. The average molecular weight is 387 g/mol. The van der Waals surface area contributed by atoms with E-state index in [1.807, 2.05) is 17.6 Å². The number of likely N-dealkylation sites (N-methyl/N-ethyl adjacent to an activating group) is 1. The lowest BCUT2D eigenvalue weighted by atomic mass is 10.1. The fourth-order valence-electron chi connectivity index (χ4n) is 3.58. The van der Waals surface area contributed by atoms with E-state index in [0.29, 0.717) is 12.1 Å². The van der Waals surface area contributed by atoms with E-state index in [-0.39, 0.29) is 24.6 Å². The van der Waals surface area contributed by atoms with Crippen molar-refractivity contribution in [2.75, 3.05) is 39.8 Å². The monoisotopic (exact) mass is 387 g/mol. The Balaban J connectivity index is 1.88. The number of nitrogens with zero attached hydrogens (tertiary/aromatic N) is 3. The lowest BCUT2D eigenvalue weighted by Gasteiger charge is -2.31. The maximum Gasteiger partial charge on any atom is 0.305 e. The number of aromatic nitrogens is 1. The van der Waals surface area contributed by atoms with Crippen molar-refractivity contribution >= 4 is 11.8 Å². The lowest BCUT2D eigenvalue weighted by molar-refractivity contribution is -0.137. The number of piperazine rings is 1. The Bertz CT molecular complexity index is 853. The molecule has 1 fully saturated rings. The molecular formula is C21H26FN3O3. The second-order valence-electron chi connectivity index (χ2n) is 7.33. The van der Waals surface area contributed by atoms with Gasteiger partial charge in [0.15, 0.2) is 5.78 Å². The number of Topliss-reactive ketones (excluding diaryl/α,β-unsaturated/α-hetero) is 1. The third-order valence-electron chi connectivity index (χ3n) is 5.32. The molecule has 0 saturated carbocycles. The minimum absolute atomic E-state index is 0.0273. The molecule has 6 nitrogen and oxygen atoms in total. The van der Waals surface area contributed by atoms with E-state index < -0.39 is 5.97 Å². The van der Waals surface area contributed by atoms with Crippen LogP contribution in [-0.2, 0) is 11.3 Å². The molecule has 7 heteroatoms. The Morgan fingerprint density at radius 3 is 2.36 bits per heavy atom. The van der Waals surface area contributed by atoms with E-state index in [4.69, 9.17) is 5.11 Å². The van der Waals surface area contributed by atoms with E-state index >= 15 is 0 Å². The summed E-state index contributed by atoms with van der Waals surface area (Å²) in [6.45, 7) is 6.03. The SMILES string of the molecule is Cc1c(C(=O)CN2CCN(C)CC2)cc(-c2ccc(F)cc2)n1CCC(=O)O. The quantitative estimate of drug-likeness (QED) is 0.740. The van der Waals surface area contributed by atoms with Crippen LogP contribution >= 0.6 is 0 Å². The summed E-state index contributed by atoms with van der Waals surface area (Å²) < 4.78 is 15.2. The molecule has 0 aliphatic carbocycles. The van der Waals surface area contributed by atoms with Gasteiger partial charge in [-0.2, -0.15) is 0 Å². The molecule has 1 aliphatic rings. The normalized spacial score (nSPS) is 15.7. The maximum absolute atomic E-state index is 13.3. The zero-order valence-corrected chi connectivity index (χ0v) is 16.3. The molecule has 1 aliphatic heterocycles. The standard InChI is InChI=1S/C21H26FN3O3/c1-15-18(20(26)14-24-11-9-23(2)10-12-24)13-19(25(15)8-7-21(27)28)16-3-5-17(22)6-4-16/h3-6,13H,7-12,14H2,1-2H3,(H,27,28). The van der Waals surface area contributed by atoms with Crippen LogP contribution < -0.4 is 0 Å². The molecule has 0 bridgehead atoms. The highest BCUT2D eigenvalue weighted by atomic mass is 19.1. The maximum atomic E-state index is 13.3. The van der Waals surface area contributed by atoms with Crippen LogP contribution in [0.1, 0.15) is 22.5 Å². The van der Waals surface area contributed by atoms with Crippen LogP contribution in [0, 0.1) is 12.7 Å². The van der Waals surface area contributed by atoms with Crippen LogP contribution in [0.25, 0.3) is 11.3 Å². The molecule has 1 saturated heterocycles. The van der Waals surface area contributed by atoms with Gasteiger partial charge in [-0.1, -0.05) is 0 Å². The molecule has 0 atom stereocenters. The van der Waals surface area contributed by atoms with E-state index in [9.17, 15) is 14.0 Å². The number of rotatable bonds is 7. The van der Waals surface area contributed by atoms with Crippen molar-refractivity contribution in [3.05, 3.63) is 47.4 Å². The highest BCUT2D eigenvalue weighted by Gasteiger charge is 2.22. The first-order valence-corrected chi connectivity index (χ1v) is 9.47. The minimum Gasteiger partial charge on any atom is -0.481 e. The number of carboxylic acid groups (broad SMARTS) is 1. The van der Waals surface area contributed by atoms with E-state index in [0.717, 1.165) is 43.1 Å². The van der Waals surface area contributed by atoms with Gasteiger partial charge in [0.2, 0.25) is 0 Å². The van der Waals surface area contributed by atoms with Crippen molar-refractivity contribution in [1.82, 2.24) is 14.4 Å². The van der Waals surface area contributed by atoms with Gasteiger partial charge in [0.05, 0.1) is 13.0 Å². The van der Waals surface area contributed by atoms with Crippen LogP contribution in [0.5, 0.6) is 0 Å². The summed E-state index contributed by atoms with van der Waals surface area (Å²) in [4.78, 5) is 28.4. The summed E-state index contributed by atoms with van der Waals surface area (Å²) in [5.74, 6) is -1.21. The van der Waals surface area contributed by atoms with Crippen molar-refractivity contribution in [3.8, 4) is 11.3 Å². The van der Waals surface area contributed by atoms with Gasteiger partial charge in [-0.25, -0.2) is 4.39 Å². The predicted octanol–water partition coefficient (Wildman–Crippen LogP) is 2.51. The summed E-state index contributed by atoms with van der Waals surface area (Å²) in [6.07, 6.45) is -0.0458. The van der Waals surface area contributed by atoms with Gasteiger partial charge in [0.25, 0.3) is 0 Å². The molecular weight excluding hydrogens is 361 g/mol. The van der Waals surface area contributed by atoms with Crippen molar-refractivity contribution in [1.29, 1.82) is 0 Å². The smallest absolute Gasteiger partial charge is 0.305 e. The van der Waals surface area contributed by atoms with Crippen molar-refractivity contribution in [2.45, 2.75) is 19.9 Å². The largest absolute Gasteiger partial charge is 0.481 e. The van der Waals surface area contributed by atoms with Gasteiger partial charge in [-0.3, -0.25) is 14.5 Å². The number of hydrogen-bond donors (Lipinski definition) is 1. The first-order valence-electron chi connectivity index (χ1n) is 9.47. The van der Waals surface area contributed by atoms with E-state index in [2.05, 4.69) is 16.8 Å². The van der Waals surface area contributed by atoms with Gasteiger partial charge < -0.3 is 14.6 Å². The lowest BCUT2D eigenvalue weighted by Crippen LogP contribution is -2.46. The van der Waals surface area contributed by atoms with Crippen LogP contribution in [0.15, 0.2) is 30.3 Å². The number of aliphatic carboxylic acids is 1. The number of carbonyl (C=O) groups is 2. The molecule has 1 aromatic heterocycles. The van der Waals surface area contributed by atoms with Gasteiger partial charge in [0, 0.05) is 49.7 Å². The van der Waals surface area contributed by atoms with Crippen molar-refractivity contribution < 1.29 is 19.1 Å². The van der Waals surface area contributed by atoms with Gasteiger partial charge in [-0.15, -0.1) is 0 Å². The van der Waals surface area contributed by atoms with Crippen molar-refractivity contribution in [3.63, 3.8) is 0 Å². The number of carbonyl (C=O) groups excluding carboxylic acids is 1. The predicted molar refractivity (Wildman–Crippen MR) is 105 cm³/mol. The second kappa shape index (κ2) is 8.67. The molecule has 2 aromatic rings. The molecule has 0 amide bonds. The van der Waals surface area contributed by atoms with Crippen molar-refractivity contribution in [2.24, 2.45) is 0 Å². The van der Waals surface area contributed by atoms with Crippen LogP contribution in [0.4, 0.5) is 4.39 Å². The molecule has 2 heterocycles. The minimum atomic E-state index is -0.900. The fraction of sp³-hybridized carbons (Fsp3) is 0.429. The Labute approximate surface area is 164 Å². The van der Waals surface area contributed by atoms with Gasteiger partial charge in [0.1, 0.15) is 5.82 Å². The van der Waals surface area contributed by atoms with Crippen LogP contribution in [0.3, 0.4) is 0 Å². The van der Waals surface area contributed by atoms with Crippen LogP contribution in [-0.4, -0.2) is 71.0 Å². The molecule has 1 N–H and O–H groups in total. The third kappa shape index (κ3) is 4.66. The van der Waals surface area contributed by atoms with E-state index in [1.165, 1.54) is 12.1 Å². The molecule has 150 valence electrons. The number of ketones is 1.